The van der Waals surface area contributed by atoms with Crippen molar-refractivity contribution >= 4 is 17.8 Å². The molecule has 0 radical (unpaired) electrons. The largest absolute Gasteiger partial charge is 0.496 e. The number of benzene rings is 1. The van der Waals surface area contributed by atoms with E-state index >= 15 is 0 Å². The Hall–Kier alpha value is -2.57. The summed E-state index contributed by atoms with van der Waals surface area (Å²) in [5.41, 5.74) is 0.226. The number of aliphatic carboxylic acids is 2. The molecule has 21 heavy (non-hydrogen) atoms. The van der Waals surface area contributed by atoms with Crippen LogP contribution >= 0.6 is 0 Å². The van der Waals surface area contributed by atoms with Crippen LogP contribution in [-0.4, -0.2) is 41.2 Å². The van der Waals surface area contributed by atoms with E-state index in [0.717, 1.165) is 0 Å². The molecule has 0 bridgehead atoms. The van der Waals surface area contributed by atoms with E-state index in [1.807, 2.05) is 0 Å². The highest BCUT2D eigenvalue weighted by atomic mass is 16.5. The molecule has 1 aromatic carbocycles. The Morgan fingerprint density at radius 2 is 1.90 bits per heavy atom. The zero-order valence-corrected chi connectivity index (χ0v) is 11.5. The van der Waals surface area contributed by atoms with Gasteiger partial charge in [-0.1, -0.05) is 12.1 Å². The van der Waals surface area contributed by atoms with Crippen LogP contribution in [0.2, 0.25) is 0 Å². The van der Waals surface area contributed by atoms with Gasteiger partial charge in [0.15, 0.2) is 0 Å². The molecule has 1 atom stereocenters. The van der Waals surface area contributed by atoms with Crippen LogP contribution in [-0.2, 0) is 9.59 Å². The molecule has 0 aliphatic carbocycles. The van der Waals surface area contributed by atoms with Gasteiger partial charge in [0.1, 0.15) is 11.8 Å². The smallest absolute Gasteiger partial charge is 0.326 e. The molecule has 1 aromatic rings. The fourth-order valence-electron chi connectivity index (χ4n) is 1.78. The summed E-state index contributed by atoms with van der Waals surface area (Å²) in [7, 11) is 1.41. The number of amides is 1. The van der Waals surface area contributed by atoms with Gasteiger partial charge < -0.3 is 20.3 Å². The molecule has 1 rings (SSSR count). The maximum atomic E-state index is 12.1. The Morgan fingerprint density at radius 1 is 1.24 bits per heavy atom. The van der Waals surface area contributed by atoms with Crippen molar-refractivity contribution in [1.29, 1.82) is 0 Å². The van der Waals surface area contributed by atoms with Crippen LogP contribution in [0.3, 0.4) is 0 Å². The number of carboxylic acid groups (broad SMARTS) is 2. The van der Waals surface area contributed by atoms with Crippen molar-refractivity contribution in [3.63, 3.8) is 0 Å². The summed E-state index contributed by atoms with van der Waals surface area (Å²) in [6.07, 6.45) is 0.0648. The van der Waals surface area contributed by atoms with Gasteiger partial charge in [0.2, 0.25) is 0 Å². The van der Waals surface area contributed by atoms with E-state index in [1.165, 1.54) is 13.2 Å². The number of nitrogens with one attached hydrogen (secondary N) is 1. The molecule has 0 aliphatic rings. The van der Waals surface area contributed by atoms with E-state index in [1.54, 1.807) is 18.2 Å². The molecule has 114 valence electrons. The predicted molar refractivity (Wildman–Crippen MR) is 73.4 cm³/mol. The predicted octanol–water partition coefficient (Wildman–Crippen LogP) is 1.13. The van der Waals surface area contributed by atoms with Crippen molar-refractivity contribution in [2.24, 2.45) is 0 Å². The second kappa shape index (κ2) is 7.88. The maximum absolute atomic E-state index is 12.1. The number of methoxy groups -OCH3 is 1. The van der Waals surface area contributed by atoms with Crippen molar-refractivity contribution < 1.29 is 29.3 Å². The van der Waals surface area contributed by atoms with Gasteiger partial charge in [-0.2, -0.15) is 0 Å². The normalized spacial score (nSPS) is 11.5. The summed E-state index contributed by atoms with van der Waals surface area (Å²) in [6.45, 7) is 0. The van der Waals surface area contributed by atoms with Crippen LogP contribution in [0.25, 0.3) is 0 Å². The molecule has 7 heteroatoms. The van der Waals surface area contributed by atoms with E-state index < -0.39 is 23.9 Å². The van der Waals surface area contributed by atoms with Crippen LogP contribution in [0.4, 0.5) is 0 Å². The van der Waals surface area contributed by atoms with Crippen molar-refractivity contribution in [2.45, 2.75) is 25.3 Å². The quantitative estimate of drug-likeness (QED) is 0.662. The van der Waals surface area contributed by atoms with E-state index in [2.05, 4.69) is 5.32 Å². The standard InChI is InChI=1S/C14H17NO6/c1-21-11-7-3-2-5-9(11)13(18)15-10(14(19)20)6-4-8-12(16)17/h2-3,5,7,10H,4,6,8H2,1H3,(H,15,18)(H,16,17)(H,19,20)/t10-/m1/s1. The molecular formula is C14H17NO6. The van der Waals surface area contributed by atoms with Crippen molar-refractivity contribution in [1.82, 2.24) is 5.32 Å². The lowest BCUT2D eigenvalue weighted by molar-refractivity contribution is -0.140. The van der Waals surface area contributed by atoms with Gasteiger partial charge in [-0.3, -0.25) is 9.59 Å². The second-order valence-corrected chi connectivity index (χ2v) is 4.35. The van der Waals surface area contributed by atoms with E-state index in [-0.39, 0.29) is 24.8 Å². The highest BCUT2D eigenvalue weighted by Gasteiger charge is 2.22. The van der Waals surface area contributed by atoms with Crippen molar-refractivity contribution in [2.75, 3.05) is 7.11 Å². The summed E-state index contributed by atoms with van der Waals surface area (Å²) >= 11 is 0. The molecule has 0 unspecified atom stereocenters. The molecule has 0 saturated heterocycles. The van der Waals surface area contributed by atoms with Gasteiger partial charge in [-0.15, -0.1) is 0 Å². The van der Waals surface area contributed by atoms with Gasteiger partial charge >= 0.3 is 11.9 Å². The minimum Gasteiger partial charge on any atom is -0.496 e. The number of rotatable bonds is 8. The lowest BCUT2D eigenvalue weighted by Crippen LogP contribution is -2.40. The Kier molecular flexibility index (Phi) is 6.19. The highest BCUT2D eigenvalue weighted by Crippen LogP contribution is 2.17. The Morgan fingerprint density at radius 3 is 2.48 bits per heavy atom. The summed E-state index contributed by atoms with van der Waals surface area (Å²) in [4.78, 5) is 33.6. The van der Waals surface area contributed by atoms with Gasteiger partial charge in [-0.05, 0) is 25.0 Å². The van der Waals surface area contributed by atoms with Crippen LogP contribution in [0.15, 0.2) is 24.3 Å². The highest BCUT2D eigenvalue weighted by molar-refractivity contribution is 5.98. The van der Waals surface area contributed by atoms with Gasteiger partial charge in [0.05, 0.1) is 12.7 Å². The fraction of sp³-hybridized carbons (Fsp3) is 0.357. The van der Waals surface area contributed by atoms with Gasteiger partial charge in [0.25, 0.3) is 5.91 Å². The first kappa shape index (κ1) is 16.5. The zero-order chi connectivity index (χ0) is 15.8. The lowest BCUT2D eigenvalue weighted by Gasteiger charge is -2.15. The Labute approximate surface area is 121 Å². The first-order valence-electron chi connectivity index (χ1n) is 6.34. The molecule has 0 spiro atoms. The average Bonchev–Trinajstić information content (AvgIpc) is 2.45. The number of hydrogen-bond donors (Lipinski definition) is 3. The SMILES string of the molecule is COc1ccccc1C(=O)N[C@H](CCCC(=O)O)C(=O)O. The molecular weight excluding hydrogens is 278 g/mol. The van der Waals surface area contributed by atoms with Crippen molar-refractivity contribution in [3.05, 3.63) is 29.8 Å². The number of para-hydroxylation sites is 1. The molecule has 3 N–H and O–H groups in total. The van der Waals surface area contributed by atoms with E-state index in [9.17, 15) is 14.4 Å². The van der Waals surface area contributed by atoms with Gasteiger partial charge in [-0.25, -0.2) is 4.79 Å². The first-order valence-corrected chi connectivity index (χ1v) is 6.34. The number of carboxylic acids is 2. The summed E-state index contributed by atoms with van der Waals surface area (Å²) in [6, 6.07) is 5.30. The number of carbonyl (C=O) groups is 3. The molecule has 0 aliphatic heterocycles. The third kappa shape index (κ3) is 5.13. The van der Waals surface area contributed by atoms with E-state index in [4.69, 9.17) is 14.9 Å². The fourth-order valence-corrected chi connectivity index (χ4v) is 1.78. The minimum absolute atomic E-state index is 0.0442. The van der Waals surface area contributed by atoms with Crippen LogP contribution in [0, 0.1) is 0 Å². The van der Waals surface area contributed by atoms with Gasteiger partial charge in [0, 0.05) is 6.42 Å². The minimum atomic E-state index is -1.20. The van der Waals surface area contributed by atoms with Crippen LogP contribution < -0.4 is 10.1 Å². The second-order valence-electron chi connectivity index (χ2n) is 4.35. The number of ether oxygens (including phenoxy) is 1. The lowest BCUT2D eigenvalue weighted by atomic mass is 10.1. The van der Waals surface area contributed by atoms with Crippen molar-refractivity contribution in [3.8, 4) is 5.75 Å². The van der Waals surface area contributed by atoms with Crippen LogP contribution in [0.5, 0.6) is 5.75 Å². The molecule has 0 saturated carbocycles. The first-order chi connectivity index (χ1) is 9.95. The zero-order valence-electron chi connectivity index (χ0n) is 11.5. The molecule has 0 fully saturated rings. The average molecular weight is 295 g/mol. The third-order valence-electron chi connectivity index (χ3n) is 2.84. The molecule has 1 amide bonds. The molecule has 0 heterocycles. The summed E-state index contributed by atoms with van der Waals surface area (Å²) in [5.74, 6) is -2.45. The number of hydrogen-bond acceptors (Lipinski definition) is 4. The molecule has 7 nitrogen and oxygen atoms in total. The maximum Gasteiger partial charge on any atom is 0.326 e. The van der Waals surface area contributed by atoms with Crippen LogP contribution in [0.1, 0.15) is 29.6 Å². The topological polar surface area (TPSA) is 113 Å². The summed E-state index contributed by atoms with van der Waals surface area (Å²) < 4.78 is 5.04. The Balaban J connectivity index is 2.72. The summed E-state index contributed by atoms with van der Waals surface area (Å²) in [5, 5.41) is 20.0. The Bertz CT molecular complexity index is 528. The monoisotopic (exact) mass is 295 g/mol. The number of carbonyl (C=O) groups excluding carboxylic acids is 1. The van der Waals surface area contributed by atoms with E-state index in [0.29, 0.717) is 5.75 Å². The molecule has 0 aromatic heterocycles. The third-order valence-corrected chi connectivity index (χ3v) is 2.84.